The lowest BCUT2D eigenvalue weighted by atomic mass is 10.3. The van der Waals surface area contributed by atoms with E-state index in [4.69, 9.17) is 27.9 Å². The van der Waals surface area contributed by atoms with Crippen molar-refractivity contribution >= 4 is 35.1 Å². The number of ether oxygens (including phenoxy) is 1. The molecule has 0 spiro atoms. The van der Waals surface area contributed by atoms with Crippen LogP contribution in [0.4, 0.5) is 19.1 Å². The number of benzene rings is 1. The molecule has 0 aliphatic rings. The van der Waals surface area contributed by atoms with Crippen molar-refractivity contribution in [2.75, 3.05) is 11.9 Å². The van der Waals surface area contributed by atoms with E-state index in [1.54, 1.807) is 0 Å². The largest absolute Gasteiger partial charge is 0.484 e. The summed E-state index contributed by atoms with van der Waals surface area (Å²) in [6.45, 7) is -0.473. The molecule has 118 valence electrons. The van der Waals surface area contributed by atoms with Crippen LogP contribution in [-0.2, 0) is 11.0 Å². The Morgan fingerprint density at radius 2 is 1.86 bits per heavy atom. The third-order valence-corrected chi connectivity index (χ3v) is 2.66. The highest BCUT2D eigenvalue weighted by Gasteiger charge is 2.35. The monoisotopic (exact) mass is 354 g/mol. The zero-order valence-corrected chi connectivity index (χ0v) is 12.1. The molecule has 0 saturated carbocycles. The number of H-pyrrole nitrogens is 1. The molecule has 2 aromatic rings. The van der Waals surface area contributed by atoms with Crippen LogP contribution in [0, 0.1) is 0 Å². The van der Waals surface area contributed by atoms with Crippen molar-refractivity contribution < 1.29 is 22.7 Å². The average molecular weight is 355 g/mol. The number of hydrogen-bond donors (Lipinski definition) is 2. The lowest BCUT2D eigenvalue weighted by molar-refractivity contribution is -0.144. The molecular weight excluding hydrogens is 348 g/mol. The van der Waals surface area contributed by atoms with Gasteiger partial charge in [-0.15, -0.1) is 10.2 Å². The minimum absolute atomic E-state index is 0.237. The molecule has 2 rings (SSSR count). The van der Waals surface area contributed by atoms with E-state index >= 15 is 0 Å². The van der Waals surface area contributed by atoms with Gasteiger partial charge in [0, 0.05) is 10.0 Å². The maximum absolute atomic E-state index is 12.3. The van der Waals surface area contributed by atoms with E-state index < -0.39 is 30.5 Å². The predicted octanol–water partition coefficient (Wildman–Crippen LogP) is 3.15. The highest BCUT2D eigenvalue weighted by atomic mass is 35.5. The van der Waals surface area contributed by atoms with Crippen molar-refractivity contribution in [1.29, 1.82) is 0 Å². The second-order valence-electron chi connectivity index (χ2n) is 3.96. The van der Waals surface area contributed by atoms with Gasteiger partial charge in [-0.3, -0.25) is 10.1 Å². The topological polar surface area (TPSA) is 79.9 Å². The van der Waals surface area contributed by atoms with Gasteiger partial charge in [0.2, 0.25) is 11.8 Å². The third kappa shape index (κ3) is 4.50. The number of nitrogens with zero attached hydrogens (tertiary/aromatic N) is 2. The first kappa shape index (κ1) is 16.4. The highest BCUT2D eigenvalue weighted by Crippen LogP contribution is 2.26. The van der Waals surface area contributed by atoms with Gasteiger partial charge in [0.1, 0.15) is 5.75 Å². The van der Waals surface area contributed by atoms with Gasteiger partial charge in [0.15, 0.2) is 6.61 Å². The molecule has 0 fully saturated rings. The first-order valence-corrected chi connectivity index (χ1v) is 6.38. The third-order valence-electron chi connectivity index (χ3n) is 2.22. The van der Waals surface area contributed by atoms with Gasteiger partial charge in [-0.2, -0.15) is 13.2 Å². The molecule has 0 aliphatic carbocycles. The van der Waals surface area contributed by atoms with Gasteiger partial charge in [-0.1, -0.05) is 23.2 Å². The zero-order chi connectivity index (χ0) is 16.3. The smallest absolute Gasteiger partial charge is 0.451 e. The van der Waals surface area contributed by atoms with Crippen molar-refractivity contribution in [2.24, 2.45) is 0 Å². The van der Waals surface area contributed by atoms with Crippen molar-refractivity contribution in [1.82, 2.24) is 15.2 Å². The summed E-state index contributed by atoms with van der Waals surface area (Å²) in [6, 6.07) is 4.33. The molecule has 0 saturated heterocycles. The molecule has 0 unspecified atom stereocenters. The molecule has 0 bridgehead atoms. The van der Waals surface area contributed by atoms with Crippen LogP contribution in [0.15, 0.2) is 18.2 Å². The Labute approximate surface area is 131 Å². The van der Waals surface area contributed by atoms with E-state index in [2.05, 4.69) is 15.5 Å². The summed E-state index contributed by atoms with van der Waals surface area (Å²) in [5.41, 5.74) is 0. The van der Waals surface area contributed by atoms with Gasteiger partial charge in [0.05, 0.1) is 0 Å². The second-order valence-corrected chi connectivity index (χ2v) is 4.83. The minimum atomic E-state index is -4.68. The fraction of sp³-hybridized carbons (Fsp3) is 0.182. The van der Waals surface area contributed by atoms with Gasteiger partial charge in [0.25, 0.3) is 5.91 Å². The lowest BCUT2D eigenvalue weighted by Gasteiger charge is -2.06. The van der Waals surface area contributed by atoms with Crippen molar-refractivity contribution in [2.45, 2.75) is 6.18 Å². The summed E-state index contributed by atoms with van der Waals surface area (Å²) in [5.74, 6) is -2.25. The number of rotatable bonds is 4. The molecule has 1 aromatic carbocycles. The first-order chi connectivity index (χ1) is 10.2. The average Bonchev–Trinajstić information content (AvgIpc) is 2.83. The van der Waals surface area contributed by atoms with Crippen LogP contribution in [0.25, 0.3) is 0 Å². The van der Waals surface area contributed by atoms with Crippen molar-refractivity contribution in [3.63, 3.8) is 0 Å². The first-order valence-electron chi connectivity index (χ1n) is 5.62. The fourth-order valence-corrected chi connectivity index (χ4v) is 1.88. The van der Waals surface area contributed by atoms with Crippen LogP contribution >= 0.6 is 23.2 Å². The Kier molecular flexibility index (Phi) is 4.77. The molecule has 0 aliphatic heterocycles. The van der Waals surface area contributed by atoms with Crippen LogP contribution in [-0.4, -0.2) is 27.7 Å². The highest BCUT2D eigenvalue weighted by molar-refractivity contribution is 6.34. The number of nitrogens with one attached hydrogen (secondary N) is 2. The Hall–Kier alpha value is -2.00. The van der Waals surface area contributed by atoms with E-state index in [0.717, 1.165) is 0 Å². The summed E-state index contributed by atoms with van der Waals surface area (Å²) in [6.07, 6.45) is -4.68. The Balaban J connectivity index is 1.92. The summed E-state index contributed by atoms with van der Waals surface area (Å²) in [7, 11) is 0. The SMILES string of the molecule is O=C(COc1cc(Cl)cc(Cl)c1)Nc1nnc(C(F)(F)F)[nH]1. The lowest BCUT2D eigenvalue weighted by Crippen LogP contribution is -2.21. The van der Waals surface area contributed by atoms with E-state index in [9.17, 15) is 18.0 Å². The van der Waals surface area contributed by atoms with E-state index in [0.29, 0.717) is 10.0 Å². The number of hydrogen-bond acceptors (Lipinski definition) is 4. The molecule has 0 atom stereocenters. The maximum Gasteiger partial charge on any atom is 0.451 e. The number of carbonyl (C=O) groups is 1. The van der Waals surface area contributed by atoms with Gasteiger partial charge < -0.3 is 9.72 Å². The van der Waals surface area contributed by atoms with Gasteiger partial charge in [-0.25, -0.2) is 0 Å². The molecule has 1 amide bonds. The fourth-order valence-electron chi connectivity index (χ4n) is 1.37. The molecule has 22 heavy (non-hydrogen) atoms. The summed E-state index contributed by atoms with van der Waals surface area (Å²) in [4.78, 5) is 13.4. The van der Waals surface area contributed by atoms with E-state index in [1.807, 2.05) is 4.98 Å². The van der Waals surface area contributed by atoms with Crippen LogP contribution in [0.1, 0.15) is 5.82 Å². The number of anilines is 1. The number of carbonyl (C=O) groups excluding carboxylic acids is 1. The van der Waals surface area contributed by atoms with Gasteiger partial charge >= 0.3 is 6.18 Å². The molecular formula is C11H7Cl2F3N4O2. The molecule has 1 heterocycles. The van der Waals surface area contributed by atoms with E-state index in [-0.39, 0.29) is 5.75 Å². The quantitative estimate of drug-likeness (QED) is 0.883. The summed E-state index contributed by atoms with van der Waals surface area (Å²) in [5, 5.41) is 8.71. The van der Waals surface area contributed by atoms with Gasteiger partial charge in [-0.05, 0) is 18.2 Å². The normalized spacial score (nSPS) is 11.3. The van der Waals surface area contributed by atoms with Crippen LogP contribution in [0.3, 0.4) is 0 Å². The molecule has 6 nitrogen and oxygen atoms in total. The minimum Gasteiger partial charge on any atom is -0.484 e. The number of amides is 1. The number of halogens is 5. The predicted molar refractivity (Wildman–Crippen MR) is 72.0 cm³/mol. The van der Waals surface area contributed by atoms with Crippen LogP contribution in [0.2, 0.25) is 10.0 Å². The Morgan fingerprint density at radius 1 is 1.23 bits per heavy atom. The summed E-state index contributed by atoms with van der Waals surface area (Å²) < 4.78 is 42.0. The Morgan fingerprint density at radius 3 is 2.41 bits per heavy atom. The second kappa shape index (κ2) is 6.41. The molecule has 0 radical (unpaired) electrons. The standard InChI is InChI=1S/C11H7Cl2F3N4O2/c12-5-1-6(13)3-7(2-5)22-4-8(21)17-10-18-9(19-20-10)11(14,15)16/h1-3H,4H2,(H2,17,18,19,20,21). The molecule has 11 heteroatoms. The zero-order valence-electron chi connectivity index (χ0n) is 10.5. The number of aromatic nitrogens is 3. The van der Waals surface area contributed by atoms with Crippen LogP contribution < -0.4 is 10.1 Å². The number of alkyl halides is 3. The van der Waals surface area contributed by atoms with E-state index in [1.165, 1.54) is 18.2 Å². The van der Waals surface area contributed by atoms with Crippen LogP contribution in [0.5, 0.6) is 5.75 Å². The molecule has 1 aromatic heterocycles. The maximum atomic E-state index is 12.3. The number of aromatic amines is 1. The van der Waals surface area contributed by atoms with Crippen molar-refractivity contribution in [3.05, 3.63) is 34.1 Å². The molecule has 2 N–H and O–H groups in total. The van der Waals surface area contributed by atoms with Crippen molar-refractivity contribution in [3.8, 4) is 5.75 Å². The summed E-state index contributed by atoms with van der Waals surface area (Å²) >= 11 is 11.5. The Bertz CT molecular complexity index is 670.